The lowest BCUT2D eigenvalue weighted by Gasteiger charge is -2.24. The second kappa shape index (κ2) is 6.63. The topological polar surface area (TPSA) is 134 Å². The molecule has 0 aromatic heterocycles. The first-order valence-electron chi connectivity index (χ1n) is 6.26. The molecule has 1 atom stereocenters. The standard InChI is InChI=1S/C11H14BN3O6/c16-11(14-10-6-13-1-2-21-10)7-3-8(12(17)18)5-9(4-7)15(19)20/h3-5,10,13,17-18H,1-2,6H2,(H,14,16)/t10-/m0/s1. The number of hydrogen-bond acceptors (Lipinski definition) is 7. The van der Waals surface area contributed by atoms with Gasteiger partial charge in [-0.1, -0.05) is 0 Å². The average Bonchev–Trinajstić information content (AvgIpc) is 2.47. The fourth-order valence-corrected chi connectivity index (χ4v) is 1.91. The lowest BCUT2D eigenvalue weighted by Crippen LogP contribution is -2.49. The number of rotatable bonds is 4. The number of hydrogen-bond donors (Lipinski definition) is 4. The predicted molar refractivity (Wildman–Crippen MR) is 73.0 cm³/mol. The highest BCUT2D eigenvalue weighted by Gasteiger charge is 2.22. The van der Waals surface area contributed by atoms with E-state index in [0.29, 0.717) is 19.7 Å². The van der Waals surface area contributed by atoms with Crippen LogP contribution in [0.5, 0.6) is 0 Å². The van der Waals surface area contributed by atoms with Crippen LogP contribution in [-0.2, 0) is 4.74 Å². The molecule has 0 radical (unpaired) electrons. The summed E-state index contributed by atoms with van der Waals surface area (Å²) < 4.78 is 5.30. The number of non-ortho nitro benzene ring substituents is 1. The highest BCUT2D eigenvalue weighted by atomic mass is 16.6. The first-order valence-corrected chi connectivity index (χ1v) is 6.26. The maximum atomic E-state index is 12.1. The maximum absolute atomic E-state index is 12.1. The van der Waals surface area contributed by atoms with Gasteiger partial charge >= 0.3 is 7.12 Å². The van der Waals surface area contributed by atoms with Gasteiger partial charge in [-0.2, -0.15) is 0 Å². The monoisotopic (exact) mass is 295 g/mol. The van der Waals surface area contributed by atoms with Crippen LogP contribution in [0, 0.1) is 10.1 Å². The van der Waals surface area contributed by atoms with Crippen LogP contribution in [0.15, 0.2) is 18.2 Å². The van der Waals surface area contributed by atoms with Crippen LogP contribution in [0.1, 0.15) is 10.4 Å². The molecule has 0 saturated carbocycles. The molecule has 0 aliphatic carbocycles. The van der Waals surface area contributed by atoms with Crippen molar-refractivity contribution in [2.24, 2.45) is 0 Å². The number of nitrogens with zero attached hydrogens (tertiary/aromatic N) is 1. The van der Waals surface area contributed by atoms with Crippen molar-refractivity contribution in [3.63, 3.8) is 0 Å². The lowest BCUT2D eigenvalue weighted by atomic mass is 9.79. The Morgan fingerprint density at radius 3 is 2.81 bits per heavy atom. The fraction of sp³-hybridized carbons (Fsp3) is 0.364. The van der Waals surface area contributed by atoms with Gasteiger partial charge in [0.2, 0.25) is 0 Å². The molecular formula is C11H14BN3O6. The molecule has 10 heteroatoms. The van der Waals surface area contributed by atoms with Gasteiger partial charge in [-0.15, -0.1) is 0 Å². The summed E-state index contributed by atoms with van der Waals surface area (Å²) in [6, 6.07) is 3.25. The van der Waals surface area contributed by atoms with Crippen molar-refractivity contribution in [3.05, 3.63) is 33.9 Å². The molecule has 1 aromatic carbocycles. The predicted octanol–water partition coefficient (Wildman–Crippen LogP) is -2.05. The number of amides is 1. The van der Waals surface area contributed by atoms with E-state index in [9.17, 15) is 14.9 Å². The van der Waals surface area contributed by atoms with Crippen LogP contribution in [-0.4, -0.2) is 53.9 Å². The third-order valence-corrected chi connectivity index (χ3v) is 2.93. The van der Waals surface area contributed by atoms with Crippen molar-refractivity contribution in [1.82, 2.24) is 10.6 Å². The van der Waals surface area contributed by atoms with E-state index < -0.39 is 29.9 Å². The van der Waals surface area contributed by atoms with Crippen molar-refractivity contribution < 1.29 is 24.5 Å². The SMILES string of the molecule is O=C(N[C@@H]1CNCCO1)c1cc(B(O)O)cc([N+](=O)[O-])c1. The minimum absolute atomic E-state index is 0.0403. The lowest BCUT2D eigenvalue weighted by molar-refractivity contribution is -0.384. The highest BCUT2D eigenvalue weighted by Crippen LogP contribution is 2.12. The second-order valence-electron chi connectivity index (χ2n) is 4.48. The molecule has 1 heterocycles. The number of morpholine rings is 1. The Kier molecular flexibility index (Phi) is 4.86. The summed E-state index contributed by atoms with van der Waals surface area (Å²) in [7, 11) is -1.90. The summed E-state index contributed by atoms with van der Waals surface area (Å²) in [5.74, 6) is -0.589. The van der Waals surface area contributed by atoms with Crippen LogP contribution in [0.3, 0.4) is 0 Å². The Morgan fingerprint density at radius 2 is 2.24 bits per heavy atom. The molecule has 0 unspecified atom stereocenters. The van der Waals surface area contributed by atoms with Crippen molar-refractivity contribution >= 4 is 24.2 Å². The molecule has 1 saturated heterocycles. The average molecular weight is 295 g/mol. The maximum Gasteiger partial charge on any atom is 0.488 e. The summed E-state index contributed by atoms with van der Waals surface area (Å²) in [6.45, 7) is 1.56. The van der Waals surface area contributed by atoms with Gasteiger partial charge in [0.15, 0.2) is 0 Å². The molecule has 9 nitrogen and oxygen atoms in total. The molecule has 1 aliphatic heterocycles. The van der Waals surface area contributed by atoms with E-state index in [1.54, 1.807) is 0 Å². The third kappa shape index (κ3) is 3.98. The number of nitrogens with one attached hydrogen (secondary N) is 2. The Balaban J connectivity index is 2.20. The Bertz CT molecular complexity index is 547. The second-order valence-corrected chi connectivity index (χ2v) is 4.48. The van der Waals surface area contributed by atoms with Crippen molar-refractivity contribution in [2.45, 2.75) is 6.23 Å². The van der Waals surface area contributed by atoms with E-state index >= 15 is 0 Å². The molecule has 0 spiro atoms. The van der Waals surface area contributed by atoms with E-state index in [2.05, 4.69) is 10.6 Å². The van der Waals surface area contributed by atoms with Crippen LogP contribution >= 0.6 is 0 Å². The number of benzene rings is 1. The number of nitro benzene ring substituents is 1. The third-order valence-electron chi connectivity index (χ3n) is 2.93. The Hall–Kier alpha value is -2.01. The van der Waals surface area contributed by atoms with E-state index in [1.165, 1.54) is 6.07 Å². The highest BCUT2D eigenvalue weighted by molar-refractivity contribution is 6.58. The van der Waals surface area contributed by atoms with Gasteiger partial charge in [0.25, 0.3) is 11.6 Å². The summed E-state index contributed by atoms with van der Waals surface area (Å²) in [6.07, 6.45) is -0.534. The molecule has 1 amide bonds. The fourth-order valence-electron chi connectivity index (χ4n) is 1.91. The first-order chi connectivity index (χ1) is 9.97. The zero-order chi connectivity index (χ0) is 15.4. The molecule has 1 aliphatic rings. The molecule has 112 valence electrons. The quantitative estimate of drug-likeness (QED) is 0.285. The van der Waals surface area contributed by atoms with Gasteiger partial charge in [0.1, 0.15) is 6.23 Å². The number of ether oxygens (including phenoxy) is 1. The minimum atomic E-state index is -1.90. The minimum Gasteiger partial charge on any atom is -0.423 e. The van der Waals surface area contributed by atoms with Crippen molar-refractivity contribution in [1.29, 1.82) is 0 Å². The smallest absolute Gasteiger partial charge is 0.423 e. The van der Waals surface area contributed by atoms with Gasteiger partial charge in [0, 0.05) is 30.8 Å². The molecule has 2 rings (SSSR count). The molecule has 0 bridgehead atoms. The number of carbonyl (C=O) groups is 1. The molecule has 4 N–H and O–H groups in total. The van der Waals surface area contributed by atoms with Gasteiger partial charge < -0.3 is 25.4 Å². The first kappa shape index (κ1) is 15.4. The summed E-state index contributed by atoms with van der Waals surface area (Å²) in [5.41, 5.74) is -0.563. The van der Waals surface area contributed by atoms with Gasteiger partial charge in [-0.3, -0.25) is 14.9 Å². The van der Waals surface area contributed by atoms with E-state index in [-0.39, 0.29) is 11.0 Å². The largest absolute Gasteiger partial charge is 0.488 e. The van der Waals surface area contributed by atoms with Crippen molar-refractivity contribution in [3.8, 4) is 0 Å². The van der Waals surface area contributed by atoms with E-state index in [0.717, 1.165) is 12.1 Å². The van der Waals surface area contributed by atoms with Crippen LogP contribution in [0.25, 0.3) is 0 Å². The molecule has 1 aromatic rings. The molecular weight excluding hydrogens is 281 g/mol. The van der Waals surface area contributed by atoms with Gasteiger partial charge in [-0.05, 0) is 11.5 Å². The van der Waals surface area contributed by atoms with Crippen LogP contribution < -0.4 is 16.1 Å². The normalized spacial score (nSPS) is 18.1. The van der Waals surface area contributed by atoms with Gasteiger partial charge in [0.05, 0.1) is 11.5 Å². The van der Waals surface area contributed by atoms with E-state index in [4.69, 9.17) is 14.8 Å². The molecule has 1 fully saturated rings. The van der Waals surface area contributed by atoms with Gasteiger partial charge in [-0.25, -0.2) is 0 Å². The number of carbonyl (C=O) groups excluding carboxylic acids is 1. The zero-order valence-electron chi connectivity index (χ0n) is 11.0. The Labute approximate surface area is 120 Å². The summed E-state index contributed by atoms with van der Waals surface area (Å²) >= 11 is 0. The zero-order valence-corrected chi connectivity index (χ0v) is 11.0. The van der Waals surface area contributed by atoms with E-state index in [1.807, 2.05) is 0 Å². The van der Waals surface area contributed by atoms with Crippen LogP contribution in [0.4, 0.5) is 5.69 Å². The summed E-state index contributed by atoms with van der Waals surface area (Å²) in [4.78, 5) is 22.2. The molecule has 21 heavy (non-hydrogen) atoms. The van der Waals surface area contributed by atoms with Crippen LogP contribution in [0.2, 0.25) is 0 Å². The summed E-state index contributed by atoms with van der Waals surface area (Å²) in [5, 5.41) is 34.6. The number of nitro groups is 1. The van der Waals surface area contributed by atoms with Crippen molar-refractivity contribution in [2.75, 3.05) is 19.7 Å². The Morgan fingerprint density at radius 1 is 1.48 bits per heavy atom.